The molecule has 158 valence electrons. The number of rotatable bonds is 4. The number of nitrogens with zero attached hydrogens (tertiary/aromatic N) is 2. The van der Waals surface area contributed by atoms with Crippen LogP contribution >= 0.6 is 0 Å². The lowest BCUT2D eigenvalue weighted by atomic mass is 10.1. The van der Waals surface area contributed by atoms with Gasteiger partial charge in [0.25, 0.3) is 5.56 Å². The predicted molar refractivity (Wildman–Crippen MR) is 108 cm³/mol. The van der Waals surface area contributed by atoms with Crippen LogP contribution in [-0.2, 0) is 17.5 Å². The molecule has 1 N–H and O–H groups in total. The van der Waals surface area contributed by atoms with E-state index in [1.807, 2.05) is 31.2 Å². The van der Waals surface area contributed by atoms with Crippen LogP contribution in [0.3, 0.4) is 0 Å². The normalized spacial score (nSPS) is 12.8. The Labute approximate surface area is 171 Å². The average molecular weight is 417 g/mol. The second-order valence-electron chi connectivity index (χ2n) is 7.44. The van der Waals surface area contributed by atoms with E-state index in [2.05, 4.69) is 10.3 Å². The zero-order chi connectivity index (χ0) is 22.2. The molecule has 2 aromatic carbocycles. The number of carbonyl (C=O) groups excluding carboxylic acids is 1. The summed E-state index contributed by atoms with van der Waals surface area (Å²) in [5, 5.41) is 2.70. The SMILES string of the molecule is Cc1cccc(CNC(=O)C(C)n2c(=O)c(C(F)(F)F)nc3cc(C)c(C)cc32)c1. The summed E-state index contributed by atoms with van der Waals surface area (Å²) in [6.45, 7) is 7.05. The van der Waals surface area contributed by atoms with Crippen molar-refractivity contribution in [2.75, 3.05) is 0 Å². The van der Waals surface area contributed by atoms with Crippen LogP contribution in [0.5, 0.6) is 0 Å². The highest BCUT2D eigenvalue weighted by Crippen LogP contribution is 2.28. The van der Waals surface area contributed by atoms with Crippen molar-refractivity contribution in [1.82, 2.24) is 14.9 Å². The fourth-order valence-corrected chi connectivity index (χ4v) is 3.31. The first-order chi connectivity index (χ1) is 14.0. The maximum Gasteiger partial charge on any atom is 0.438 e. The van der Waals surface area contributed by atoms with Gasteiger partial charge >= 0.3 is 6.18 Å². The summed E-state index contributed by atoms with van der Waals surface area (Å²) in [5.41, 5.74) is 0.733. The van der Waals surface area contributed by atoms with Gasteiger partial charge in [-0.2, -0.15) is 13.2 Å². The summed E-state index contributed by atoms with van der Waals surface area (Å²) in [7, 11) is 0. The largest absolute Gasteiger partial charge is 0.438 e. The highest BCUT2D eigenvalue weighted by atomic mass is 19.4. The van der Waals surface area contributed by atoms with E-state index in [0.717, 1.165) is 26.8 Å². The molecule has 0 fully saturated rings. The van der Waals surface area contributed by atoms with Crippen LogP contribution in [0.15, 0.2) is 41.2 Å². The van der Waals surface area contributed by atoms with Crippen LogP contribution in [-0.4, -0.2) is 15.5 Å². The van der Waals surface area contributed by atoms with E-state index in [1.54, 1.807) is 19.9 Å². The maximum atomic E-state index is 13.4. The van der Waals surface area contributed by atoms with E-state index in [0.29, 0.717) is 0 Å². The number of carbonyl (C=O) groups is 1. The van der Waals surface area contributed by atoms with E-state index in [-0.39, 0.29) is 17.6 Å². The maximum absolute atomic E-state index is 13.4. The van der Waals surface area contributed by atoms with Crippen molar-refractivity contribution in [3.63, 3.8) is 0 Å². The van der Waals surface area contributed by atoms with Gasteiger partial charge in [-0.3, -0.25) is 14.2 Å². The molecule has 0 radical (unpaired) electrons. The summed E-state index contributed by atoms with van der Waals surface area (Å²) in [4.78, 5) is 29.0. The number of fused-ring (bicyclic) bond motifs is 1. The number of amides is 1. The van der Waals surface area contributed by atoms with Crippen molar-refractivity contribution in [2.45, 2.75) is 46.5 Å². The van der Waals surface area contributed by atoms with Gasteiger partial charge in [-0.25, -0.2) is 4.98 Å². The minimum atomic E-state index is -4.93. The van der Waals surface area contributed by atoms with E-state index in [4.69, 9.17) is 0 Å². The molecular weight excluding hydrogens is 395 g/mol. The van der Waals surface area contributed by atoms with Gasteiger partial charge in [-0.1, -0.05) is 29.8 Å². The fourth-order valence-electron chi connectivity index (χ4n) is 3.31. The Morgan fingerprint density at radius 2 is 1.80 bits per heavy atom. The Hall–Kier alpha value is -3.16. The molecule has 1 aromatic heterocycles. The Bertz CT molecular complexity index is 1180. The molecule has 0 saturated heterocycles. The lowest BCUT2D eigenvalue weighted by Gasteiger charge is -2.20. The minimum Gasteiger partial charge on any atom is -0.350 e. The van der Waals surface area contributed by atoms with Gasteiger partial charge < -0.3 is 5.32 Å². The van der Waals surface area contributed by atoms with E-state index >= 15 is 0 Å². The molecule has 0 aliphatic carbocycles. The molecule has 8 heteroatoms. The average Bonchev–Trinajstić information content (AvgIpc) is 2.66. The summed E-state index contributed by atoms with van der Waals surface area (Å²) >= 11 is 0. The van der Waals surface area contributed by atoms with Gasteiger partial charge in [0.05, 0.1) is 11.0 Å². The third kappa shape index (κ3) is 4.22. The molecule has 3 aromatic rings. The van der Waals surface area contributed by atoms with Crippen molar-refractivity contribution >= 4 is 16.9 Å². The van der Waals surface area contributed by atoms with Gasteiger partial charge in [0.1, 0.15) is 6.04 Å². The third-order valence-corrected chi connectivity index (χ3v) is 5.09. The molecule has 1 unspecified atom stereocenters. The van der Waals surface area contributed by atoms with Crippen molar-refractivity contribution in [2.24, 2.45) is 0 Å². The highest BCUT2D eigenvalue weighted by Gasteiger charge is 2.38. The molecule has 0 aliphatic rings. The minimum absolute atomic E-state index is 0.0170. The first-order valence-electron chi connectivity index (χ1n) is 9.43. The first kappa shape index (κ1) is 21.5. The summed E-state index contributed by atoms with van der Waals surface area (Å²) in [6.07, 6.45) is -4.93. The van der Waals surface area contributed by atoms with Gasteiger partial charge in [0.15, 0.2) is 0 Å². The smallest absolute Gasteiger partial charge is 0.350 e. The molecule has 0 aliphatic heterocycles. The Morgan fingerprint density at radius 1 is 1.13 bits per heavy atom. The van der Waals surface area contributed by atoms with E-state index in [1.165, 1.54) is 13.0 Å². The summed E-state index contributed by atoms with van der Waals surface area (Å²) in [5.74, 6) is -0.558. The number of alkyl halides is 3. The molecular formula is C22H22F3N3O2. The number of nitrogens with one attached hydrogen (secondary N) is 1. The first-order valence-corrected chi connectivity index (χ1v) is 9.43. The number of hydrogen-bond acceptors (Lipinski definition) is 3. The quantitative estimate of drug-likeness (QED) is 0.692. The summed E-state index contributed by atoms with van der Waals surface area (Å²) in [6, 6.07) is 9.42. The zero-order valence-electron chi connectivity index (χ0n) is 17.1. The lowest BCUT2D eigenvalue weighted by Crippen LogP contribution is -2.39. The summed E-state index contributed by atoms with van der Waals surface area (Å²) < 4.78 is 41.2. The molecule has 1 heterocycles. The van der Waals surface area contributed by atoms with Gasteiger partial charge in [-0.05, 0) is 56.5 Å². The molecule has 5 nitrogen and oxygen atoms in total. The standard InChI is InChI=1S/C22H22F3N3O2/c1-12-6-5-7-16(8-12)11-26-20(29)15(4)28-18-10-14(3)13(2)9-17(18)27-19(21(28)30)22(23,24)25/h5-10,15H,11H2,1-4H3,(H,26,29). The second-order valence-corrected chi connectivity index (χ2v) is 7.44. The Kier molecular flexibility index (Phi) is 5.70. The number of aromatic nitrogens is 2. The number of aryl methyl sites for hydroxylation is 3. The molecule has 0 spiro atoms. The Balaban J connectivity index is 2.06. The molecule has 1 amide bonds. The van der Waals surface area contributed by atoms with Crippen molar-refractivity contribution < 1.29 is 18.0 Å². The predicted octanol–water partition coefficient (Wildman–Crippen LogP) is 4.22. The second kappa shape index (κ2) is 7.93. The van der Waals surface area contributed by atoms with E-state index in [9.17, 15) is 22.8 Å². The van der Waals surface area contributed by atoms with Gasteiger partial charge in [-0.15, -0.1) is 0 Å². The molecule has 30 heavy (non-hydrogen) atoms. The van der Waals surface area contributed by atoms with Gasteiger partial charge in [0.2, 0.25) is 11.6 Å². The Morgan fingerprint density at radius 3 is 2.43 bits per heavy atom. The number of halogens is 3. The van der Waals surface area contributed by atoms with Crippen molar-refractivity contribution in [3.8, 4) is 0 Å². The van der Waals surface area contributed by atoms with Crippen LogP contribution in [0.4, 0.5) is 13.2 Å². The lowest BCUT2D eigenvalue weighted by molar-refractivity contribution is -0.142. The zero-order valence-corrected chi connectivity index (χ0v) is 17.1. The number of benzene rings is 2. The highest BCUT2D eigenvalue weighted by molar-refractivity contribution is 5.84. The molecule has 0 bridgehead atoms. The fraction of sp³-hybridized carbons (Fsp3) is 0.318. The van der Waals surface area contributed by atoms with Crippen molar-refractivity contribution in [1.29, 1.82) is 0 Å². The van der Waals surface area contributed by atoms with Crippen LogP contribution < -0.4 is 10.9 Å². The monoisotopic (exact) mass is 417 g/mol. The topological polar surface area (TPSA) is 64.0 Å². The molecule has 1 atom stereocenters. The van der Waals surface area contributed by atoms with Crippen LogP contribution in [0.2, 0.25) is 0 Å². The molecule has 3 rings (SSSR count). The van der Waals surface area contributed by atoms with Crippen LogP contribution in [0, 0.1) is 20.8 Å². The van der Waals surface area contributed by atoms with Crippen molar-refractivity contribution in [3.05, 3.63) is 74.7 Å². The van der Waals surface area contributed by atoms with Crippen LogP contribution in [0.25, 0.3) is 11.0 Å². The van der Waals surface area contributed by atoms with E-state index < -0.39 is 29.4 Å². The van der Waals surface area contributed by atoms with Gasteiger partial charge in [0, 0.05) is 6.54 Å². The molecule has 0 saturated carbocycles. The van der Waals surface area contributed by atoms with Crippen LogP contribution in [0.1, 0.15) is 40.9 Å². The third-order valence-electron chi connectivity index (χ3n) is 5.09. The number of hydrogen-bond donors (Lipinski definition) is 1.